The van der Waals surface area contributed by atoms with Crippen molar-refractivity contribution in [1.29, 1.82) is 0 Å². The van der Waals surface area contributed by atoms with E-state index in [0.29, 0.717) is 25.4 Å². The lowest BCUT2D eigenvalue weighted by Crippen LogP contribution is -2.35. The van der Waals surface area contributed by atoms with Crippen LogP contribution in [0.2, 0.25) is 0 Å². The second kappa shape index (κ2) is 15.6. The van der Waals surface area contributed by atoms with Crippen molar-refractivity contribution in [1.82, 2.24) is 4.90 Å². The molecule has 2 amide bonds. The predicted octanol–water partition coefficient (Wildman–Crippen LogP) is 6.28. The molecule has 0 aliphatic heterocycles. The summed E-state index contributed by atoms with van der Waals surface area (Å²) in [5, 5.41) is 2.99. The molecular formula is C28H40N2O5. The molecule has 0 radical (unpaired) electrons. The van der Waals surface area contributed by atoms with Gasteiger partial charge < -0.3 is 24.4 Å². The summed E-state index contributed by atoms with van der Waals surface area (Å²) in [5.74, 6) is 0.828. The summed E-state index contributed by atoms with van der Waals surface area (Å²) in [6.45, 7) is 7.56. The predicted molar refractivity (Wildman–Crippen MR) is 139 cm³/mol. The van der Waals surface area contributed by atoms with E-state index < -0.39 is 0 Å². The van der Waals surface area contributed by atoms with Crippen molar-refractivity contribution in [3.63, 3.8) is 0 Å². The summed E-state index contributed by atoms with van der Waals surface area (Å²) in [6.07, 6.45) is 5.65. The molecule has 1 atom stereocenters. The SMILES string of the molecule is CCCCCCCN(Cc1ccc(OCC(C)C(=O)OCC)cc1)C(=O)Nc1ccc(OC)cc1. The number of urea groups is 1. The number of hydrogen-bond donors (Lipinski definition) is 1. The van der Waals surface area contributed by atoms with Gasteiger partial charge in [-0.2, -0.15) is 0 Å². The van der Waals surface area contributed by atoms with Crippen LogP contribution in [0.5, 0.6) is 11.5 Å². The molecule has 35 heavy (non-hydrogen) atoms. The van der Waals surface area contributed by atoms with Crippen molar-refractivity contribution in [3.8, 4) is 11.5 Å². The zero-order valence-electron chi connectivity index (χ0n) is 21.5. The van der Waals surface area contributed by atoms with Crippen LogP contribution >= 0.6 is 0 Å². The number of hydrogen-bond acceptors (Lipinski definition) is 5. The minimum atomic E-state index is -0.334. The molecule has 0 aliphatic carbocycles. The van der Waals surface area contributed by atoms with Crippen molar-refractivity contribution in [2.24, 2.45) is 5.92 Å². The number of unbranched alkanes of at least 4 members (excludes halogenated alkanes) is 4. The fourth-order valence-corrected chi connectivity index (χ4v) is 3.52. The van der Waals surface area contributed by atoms with Gasteiger partial charge in [-0.25, -0.2) is 4.79 Å². The molecule has 2 aromatic carbocycles. The van der Waals surface area contributed by atoms with Crippen LogP contribution in [0.25, 0.3) is 0 Å². The van der Waals surface area contributed by atoms with Gasteiger partial charge >= 0.3 is 12.0 Å². The average molecular weight is 485 g/mol. The lowest BCUT2D eigenvalue weighted by molar-refractivity contribution is -0.148. The summed E-state index contributed by atoms with van der Waals surface area (Å²) < 4.78 is 15.9. The first-order chi connectivity index (χ1) is 17.0. The third-order valence-corrected chi connectivity index (χ3v) is 5.65. The monoisotopic (exact) mass is 484 g/mol. The Morgan fingerprint density at radius 3 is 2.20 bits per heavy atom. The molecule has 0 aliphatic rings. The molecule has 0 fully saturated rings. The van der Waals surface area contributed by atoms with Crippen molar-refractivity contribution in [2.75, 3.05) is 32.2 Å². The summed E-state index contributed by atoms with van der Waals surface area (Å²) in [4.78, 5) is 26.7. The van der Waals surface area contributed by atoms with Crippen LogP contribution < -0.4 is 14.8 Å². The largest absolute Gasteiger partial charge is 0.497 e. The maximum Gasteiger partial charge on any atom is 0.322 e. The fraction of sp³-hybridized carbons (Fsp3) is 0.500. The van der Waals surface area contributed by atoms with Crippen molar-refractivity contribution in [3.05, 3.63) is 54.1 Å². The van der Waals surface area contributed by atoms with Gasteiger partial charge in [0.25, 0.3) is 0 Å². The maximum absolute atomic E-state index is 13.1. The zero-order valence-corrected chi connectivity index (χ0v) is 21.5. The number of nitrogens with one attached hydrogen (secondary N) is 1. The van der Waals surface area contributed by atoms with Gasteiger partial charge in [0.05, 0.1) is 19.6 Å². The Kier molecular flexibility index (Phi) is 12.5. The number of methoxy groups -OCH3 is 1. The first-order valence-corrected chi connectivity index (χ1v) is 12.5. The summed E-state index contributed by atoms with van der Waals surface area (Å²) in [6, 6.07) is 14.8. The van der Waals surface area contributed by atoms with E-state index in [1.54, 1.807) is 21.0 Å². The van der Waals surface area contributed by atoms with E-state index in [9.17, 15) is 9.59 Å². The molecule has 192 valence electrons. The lowest BCUT2D eigenvalue weighted by atomic mass is 10.1. The summed E-state index contributed by atoms with van der Waals surface area (Å²) in [5.41, 5.74) is 1.74. The maximum atomic E-state index is 13.1. The topological polar surface area (TPSA) is 77.1 Å². The van der Waals surface area contributed by atoms with Crippen LogP contribution in [0.15, 0.2) is 48.5 Å². The highest BCUT2D eigenvalue weighted by Crippen LogP contribution is 2.18. The Hall–Kier alpha value is -3.22. The van der Waals surface area contributed by atoms with Gasteiger partial charge in [-0.1, -0.05) is 44.7 Å². The highest BCUT2D eigenvalue weighted by Gasteiger charge is 2.16. The van der Waals surface area contributed by atoms with Crippen LogP contribution in [0.4, 0.5) is 10.5 Å². The Morgan fingerprint density at radius 2 is 1.57 bits per heavy atom. The molecule has 0 bridgehead atoms. The smallest absolute Gasteiger partial charge is 0.322 e. The molecule has 0 aromatic heterocycles. The van der Waals surface area contributed by atoms with E-state index in [1.165, 1.54) is 19.3 Å². The number of rotatable bonds is 15. The highest BCUT2D eigenvalue weighted by atomic mass is 16.5. The molecular weight excluding hydrogens is 444 g/mol. The lowest BCUT2D eigenvalue weighted by Gasteiger charge is -2.23. The van der Waals surface area contributed by atoms with Gasteiger partial charge in [0, 0.05) is 18.8 Å². The molecule has 0 heterocycles. The Morgan fingerprint density at radius 1 is 0.914 bits per heavy atom. The van der Waals surface area contributed by atoms with E-state index in [1.807, 2.05) is 53.4 Å². The number of amides is 2. The molecule has 0 spiro atoms. The Labute approximate surface area is 209 Å². The third kappa shape index (κ3) is 10.3. The van der Waals surface area contributed by atoms with Crippen molar-refractivity contribution < 1.29 is 23.8 Å². The molecule has 1 unspecified atom stereocenters. The molecule has 7 heteroatoms. The van der Waals surface area contributed by atoms with Gasteiger partial charge in [-0.05, 0) is 62.2 Å². The quantitative estimate of drug-likeness (QED) is 0.238. The van der Waals surface area contributed by atoms with E-state index >= 15 is 0 Å². The average Bonchev–Trinajstić information content (AvgIpc) is 2.87. The van der Waals surface area contributed by atoms with Crippen LogP contribution in [-0.2, 0) is 16.1 Å². The van der Waals surface area contributed by atoms with Crippen molar-refractivity contribution in [2.45, 2.75) is 59.4 Å². The minimum Gasteiger partial charge on any atom is -0.497 e. The Bertz CT molecular complexity index is 883. The van der Waals surface area contributed by atoms with E-state index in [2.05, 4.69) is 12.2 Å². The Balaban J connectivity index is 1.97. The molecule has 7 nitrogen and oxygen atoms in total. The number of anilines is 1. The number of ether oxygens (including phenoxy) is 3. The first kappa shape index (κ1) is 28.0. The fourth-order valence-electron chi connectivity index (χ4n) is 3.52. The van der Waals surface area contributed by atoms with Gasteiger partial charge in [-0.15, -0.1) is 0 Å². The summed E-state index contributed by atoms with van der Waals surface area (Å²) in [7, 11) is 1.62. The van der Waals surface area contributed by atoms with Crippen LogP contribution in [0, 0.1) is 5.92 Å². The third-order valence-electron chi connectivity index (χ3n) is 5.65. The first-order valence-electron chi connectivity index (χ1n) is 12.5. The number of nitrogens with zero attached hydrogens (tertiary/aromatic N) is 1. The van der Waals surface area contributed by atoms with Gasteiger partial charge in [0.2, 0.25) is 0 Å². The van der Waals surface area contributed by atoms with E-state index in [0.717, 1.165) is 29.8 Å². The molecule has 2 rings (SSSR count). The number of esters is 1. The minimum absolute atomic E-state index is 0.130. The normalized spacial score (nSPS) is 11.4. The van der Waals surface area contributed by atoms with Crippen LogP contribution in [-0.4, -0.2) is 43.8 Å². The second-order valence-electron chi connectivity index (χ2n) is 8.60. The van der Waals surface area contributed by atoms with Gasteiger partial charge in [-0.3, -0.25) is 4.79 Å². The van der Waals surface area contributed by atoms with Gasteiger partial charge in [0.1, 0.15) is 18.1 Å². The highest BCUT2D eigenvalue weighted by molar-refractivity contribution is 5.89. The van der Waals surface area contributed by atoms with E-state index in [-0.39, 0.29) is 24.5 Å². The molecule has 0 saturated heterocycles. The van der Waals surface area contributed by atoms with Crippen LogP contribution in [0.3, 0.4) is 0 Å². The molecule has 0 saturated carbocycles. The zero-order chi connectivity index (χ0) is 25.5. The van der Waals surface area contributed by atoms with Crippen LogP contribution in [0.1, 0.15) is 58.4 Å². The summed E-state index contributed by atoms with van der Waals surface area (Å²) >= 11 is 0. The molecule has 2 aromatic rings. The number of carbonyl (C=O) groups is 2. The van der Waals surface area contributed by atoms with Gasteiger partial charge in [0.15, 0.2) is 0 Å². The van der Waals surface area contributed by atoms with E-state index in [4.69, 9.17) is 14.2 Å². The van der Waals surface area contributed by atoms with Crippen molar-refractivity contribution >= 4 is 17.7 Å². The second-order valence-corrected chi connectivity index (χ2v) is 8.60. The molecule has 1 N–H and O–H groups in total. The number of benzene rings is 2. The standard InChI is InChI=1S/C28H40N2O5/c1-5-7-8-9-10-19-30(28(32)29-24-13-17-25(33-4)18-14-24)20-23-11-15-26(16-12-23)35-21-22(3)27(31)34-6-2/h11-18,22H,5-10,19-21H2,1-4H3,(H,29,32). The number of carbonyl (C=O) groups excluding carboxylic acids is 2.